The molecular weight excluding hydrogens is 388 g/mol. The highest BCUT2D eigenvalue weighted by Gasteiger charge is 2.21. The maximum Gasteiger partial charge on any atom is 0.119 e. The van der Waals surface area contributed by atoms with Crippen molar-refractivity contribution in [3.63, 3.8) is 0 Å². The summed E-state index contributed by atoms with van der Waals surface area (Å²) in [6, 6.07) is 25.7. The van der Waals surface area contributed by atoms with Gasteiger partial charge in [-0.3, -0.25) is 0 Å². The van der Waals surface area contributed by atoms with Crippen LogP contribution in [-0.2, 0) is 0 Å². The monoisotopic (exact) mass is 422 g/mol. The average Bonchev–Trinajstić information content (AvgIpc) is 2.85. The molecule has 32 heavy (non-hydrogen) atoms. The summed E-state index contributed by atoms with van der Waals surface area (Å²) < 4.78 is 5.53. The maximum absolute atomic E-state index is 5.53. The van der Waals surface area contributed by atoms with Gasteiger partial charge in [-0.2, -0.15) is 0 Å². The van der Waals surface area contributed by atoms with Crippen molar-refractivity contribution >= 4 is 0 Å². The van der Waals surface area contributed by atoms with Gasteiger partial charge in [0.2, 0.25) is 0 Å². The first-order valence-electron chi connectivity index (χ1n) is 12.2. The fraction of sp³-hybridized carbons (Fsp3) is 0.355. The fourth-order valence-corrected chi connectivity index (χ4v) is 4.83. The lowest BCUT2D eigenvalue weighted by molar-refractivity contribution is 0.308. The Morgan fingerprint density at radius 3 is 1.75 bits per heavy atom. The first kappa shape index (κ1) is 22.2. The summed E-state index contributed by atoms with van der Waals surface area (Å²) in [7, 11) is 0. The Hall–Kier alpha value is -2.98. The van der Waals surface area contributed by atoms with Crippen molar-refractivity contribution in [2.24, 2.45) is 5.92 Å². The molecule has 0 radical (unpaired) electrons. The lowest BCUT2D eigenvalue weighted by atomic mass is 9.77. The summed E-state index contributed by atoms with van der Waals surface area (Å²) in [5.74, 6) is 9.25. The summed E-state index contributed by atoms with van der Waals surface area (Å²) in [5.41, 5.74) is 6.00. The molecule has 0 heterocycles. The Labute approximate surface area is 193 Å². The highest BCUT2D eigenvalue weighted by Crippen LogP contribution is 2.37. The van der Waals surface area contributed by atoms with E-state index in [2.05, 4.69) is 79.4 Å². The third-order valence-electron chi connectivity index (χ3n) is 6.66. The van der Waals surface area contributed by atoms with Gasteiger partial charge in [0.15, 0.2) is 0 Å². The van der Waals surface area contributed by atoms with Crippen LogP contribution in [0.4, 0.5) is 0 Å². The van der Waals surface area contributed by atoms with Crippen LogP contribution in [0.25, 0.3) is 11.1 Å². The van der Waals surface area contributed by atoms with E-state index in [0.29, 0.717) is 6.61 Å². The Bertz CT molecular complexity index is 1020. The van der Waals surface area contributed by atoms with E-state index in [4.69, 9.17) is 4.74 Å². The van der Waals surface area contributed by atoms with Crippen molar-refractivity contribution in [2.45, 2.75) is 58.3 Å². The van der Waals surface area contributed by atoms with Gasteiger partial charge in [-0.15, -0.1) is 0 Å². The molecule has 1 saturated carbocycles. The van der Waals surface area contributed by atoms with Gasteiger partial charge in [0.05, 0.1) is 6.61 Å². The van der Waals surface area contributed by atoms with Gasteiger partial charge in [0.1, 0.15) is 5.75 Å². The van der Waals surface area contributed by atoms with Gasteiger partial charge in [0.25, 0.3) is 0 Å². The molecule has 0 saturated heterocycles. The standard InChI is InChI=1S/C31H34O/c1-3-5-24-8-14-27(15-9-24)28-16-10-25(11-17-28)6-7-26-12-18-29(19-13-26)30-20-22-31(23-21-30)32-4-2/h10-13,16-24,27H,3-5,8-9,14-15H2,1-2H3/t24-,27-. The molecule has 0 bridgehead atoms. The van der Waals surface area contributed by atoms with E-state index in [1.807, 2.05) is 19.1 Å². The summed E-state index contributed by atoms with van der Waals surface area (Å²) in [5, 5.41) is 0. The molecule has 0 atom stereocenters. The maximum atomic E-state index is 5.53. The SMILES string of the molecule is CCC[C@H]1CC[C@H](c2ccc(C#Cc3ccc(-c4ccc(OCC)cc4)cc3)cc2)CC1. The molecule has 0 aromatic heterocycles. The lowest BCUT2D eigenvalue weighted by Gasteiger charge is -2.28. The van der Waals surface area contributed by atoms with Crippen LogP contribution in [0.1, 0.15) is 75.0 Å². The molecule has 3 aromatic rings. The fourth-order valence-electron chi connectivity index (χ4n) is 4.83. The minimum atomic E-state index is 0.690. The van der Waals surface area contributed by atoms with Crippen molar-refractivity contribution in [3.8, 4) is 28.7 Å². The molecule has 3 aromatic carbocycles. The first-order valence-corrected chi connectivity index (χ1v) is 12.2. The van der Waals surface area contributed by atoms with Crippen LogP contribution in [0, 0.1) is 17.8 Å². The van der Waals surface area contributed by atoms with E-state index in [1.54, 1.807) is 0 Å². The van der Waals surface area contributed by atoms with Crippen molar-refractivity contribution in [1.82, 2.24) is 0 Å². The zero-order valence-corrected chi connectivity index (χ0v) is 19.4. The van der Waals surface area contributed by atoms with Crippen molar-refractivity contribution in [2.75, 3.05) is 6.61 Å². The number of benzene rings is 3. The average molecular weight is 423 g/mol. The van der Waals surface area contributed by atoms with Gasteiger partial charge in [-0.05, 0) is 97.5 Å². The lowest BCUT2D eigenvalue weighted by Crippen LogP contribution is -2.13. The number of rotatable bonds is 6. The second kappa shape index (κ2) is 11.1. The Kier molecular flexibility index (Phi) is 7.68. The Morgan fingerprint density at radius 1 is 0.688 bits per heavy atom. The number of ether oxygens (including phenoxy) is 1. The molecule has 0 amide bonds. The van der Waals surface area contributed by atoms with Gasteiger partial charge >= 0.3 is 0 Å². The third kappa shape index (κ3) is 5.83. The Morgan fingerprint density at radius 2 is 1.22 bits per heavy atom. The molecule has 0 aliphatic heterocycles. The van der Waals surface area contributed by atoms with Crippen LogP contribution in [0.2, 0.25) is 0 Å². The Balaban J connectivity index is 1.36. The molecule has 164 valence electrons. The van der Waals surface area contributed by atoms with Crippen molar-refractivity contribution < 1.29 is 4.74 Å². The topological polar surface area (TPSA) is 9.23 Å². The van der Waals surface area contributed by atoms with E-state index in [1.165, 1.54) is 55.2 Å². The predicted molar refractivity (Wildman–Crippen MR) is 135 cm³/mol. The van der Waals surface area contributed by atoms with Gasteiger partial charge < -0.3 is 4.74 Å². The molecule has 1 heteroatoms. The zero-order valence-electron chi connectivity index (χ0n) is 19.4. The van der Waals surface area contributed by atoms with Crippen LogP contribution < -0.4 is 4.74 Å². The summed E-state index contributed by atoms with van der Waals surface area (Å²) in [6.07, 6.45) is 8.21. The molecule has 1 aliphatic rings. The molecule has 1 nitrogen and oxygen atoms in total. The number of hydrogen-bond donors (Lipinski definition) is 0. The first-order chi connectivity index (χ1) is 15.7. The summed E-state index contributed by atoms with van der Waals surface area (Å²) in [4.78, 5) is 0. The summed E-state index contributed by atoms with van der Waals surface area (Å²) >= 11 is 0. The minimum Gasteiger partial charge on any atom is -0.494 e. The van der Waals surface area contributed by atoms with Crippen molar-refractivity contribution in [1.29, 1.82) is 0 Å². The minimum absolute atomic E-state index is 0.690. The van der Waals surface area contributed by atoms with Gasteiger partial charge in [-0.25, -0.2) is 0 Å². The van der Waals surface area contributed by atoms with E-state index in [-0.39, 0.29) is 0 Å². The van der Waals surface area contributed by atoms with Crippen LogP contribution in [0.3, 0.4) is 0 Å². The van der Waals surface area contributed by atoms with E-state index >= 15 is 0 Å². The van der Waals surface area contributed by atoms with E-state index < -0.39 is 0 Å². The largest absolute Gasteiger partial charge is 0.494 e. The molecule has 4 rings (SSSR count). The molecule has 0 unspecified atom stereocenters. The van der Waals surface area contributed by atoms with Crippen molar-refractivity contribution in [3.05, 3.63) is 89.5 Å². The van der Waals surface area contributed by atoms with Crippen LogP contribution in [-0.4, -0.2) is 6.61 Å². The highest BCUT2D eigenvalue weighted by molar-refractivity contribution is 5.65. The summed E-state index contributed by atoms with van der Waals surface area (Å²) in [6.45, 7) is 5.00. The molecule has 1 fully saturated rings. The van der Waals surface area contributed by atoms with E-state index in [0.717, 1.165) is 28.7 Å². The number of hydrogen-bond acceptors (Lipinski definition) is 1. The molecular formula is C31H34O. The van der Waals surface area contributed by atoms with Crippen LogP contribution in [0.15, 0.2) is 72.8 Å². The normalized spacial score (nSPS) is 17.9. The second-order valence-corrected chi connectivity index (χ2v) is 8.91. The van der Waals surface area contributed by atoms with E-state index in [9.17, 15) is 0 Å². The molecule has 0 N–H and O–H groups in total. The quantitative estimate of drug-likeness (QED) is 0.364. The van der Waals surface area contributed by atoms with Gasteiger partial charge in [0, 0.05) is 11.1 Å². The second-order valence-electron chi connectivity index (χ2n) is 8.91. The molecule has 0 spiro atoms. The zero-order chi connectivity index (χ0) is 22.2. The highest BCUT2D eigenvalue weighted by atomic mass is 16.5. The smallest absolute Gasteiger partial charge is 0.119 e. The predicted octanol–water partition coefficient (Wildman–Crippen LogP) is 8.23. The van der Waals surface area contributed by atoms with Gasteiger partial charge in [-0.1, -0.05) is 68.0 Å². The van der Waals surface area contributed by atoms with Crippen LogP contribution in [0.5, 0.6) is 5.75 Å². The molecule has 1 aliphatic carbocycles. The van der Waals surface area contributed by atoms with Crippen LogP contribution >= 0.6 is 0 Å². The third-order valence-corrected chi connectivity index (χ3v) is 6.66.